The summed E-state index contributed by atoms with van der Waals surface area (Å²) in [5.74, 6) is 2.02. The van der Waals surface area contributed by atoms with Crippen molar-refractivity contribution < 1.29 is 5.48 Å². The molecule has 49 heavy (non-hydrogen) atoms. The summed E-state index contributed by atoms with van der Waals surface area (Å²) >= 11 is 0. The Balaban J connectivity index is 0.000000167. The molecular weight excluding hydrogens is 620 g/mol. The van der Waals surface area contributed by atoms with Crippen LogP contribution in [0.1, 0.15) is 0 Å². The Kier molecular flexibility index (Phi) is 9.94. The Morgan fingerprint density at radius 2 is 0.857 bits per heavy atom. The zero-order valence-electron chi connectivity index (χ0n) is 27.6. The molecule has 0 bridgehead atoms. The van der Waals surface area contributed by atoms with Crippen molar-refractivity contribution in [3.8, 4) is 22.5 Å². The molecule has 2 aliphatic heterocycles. The Bertz CT molecular complexity index is 1870. The van der Waals surface area contributed by atoms with Crippen molar-refractivity contribution in [1.82, 2.24) is 49.7 Å². The number of nitrogens with two attached hydrogens (primary N) is 2. The summed E-state index contributed by atoms with van der Waals surface area (Å²) < 4.78 is 0. The minimum absolute atomic E-state index is 0. The highest BCUT2D eigenvalue weighted by Crippen LogP contribution is 2.27. The number of aromatic nitrogens is 8. The number of nitrogens with zero attached hydrogens (tertiary/aromatic N) is 12. The molecular formula is C34H40N14O. The topological polar surface area (TPSA) is 200 Å². The van der Waals surface area contributed by atoms with Crippen LogP contribution in [-0.2, 0) is 0 Å². The fraction of sp³-hybridized carbons (Fsp3) is 0.294. The average Bonchev–Trinajstić information content (AvgIpc) is 3.12. The zero-order chi connectivity index (χ0) is 33.0. The predicted molar refractivity (Wildman–Crippen MR) is 193 cm³/mol. The first-order chi connectivity index (χ1) is 23.4. The summed E-state index contributed by atoms with van der Waals surface area (Å²) in [7, 11) is 4.24. The zero-order valence-corrected chi connectivity index (χ0v) is 27.6. The second-order valence-electron chi connectivity index (χ2n) is 12.0. The van der Waals surface area contributed by atoms with E-state index in [9.17, 15) is 0 Å². The van der Waals surface area contributed by atoms with E-state index in [2.05, 4.69) is 63.6 Å². The van der Waals surface area contributed by atoms with Crippen LogP contribution in [0, 0.1) is 0 Å². The van der Waals surface area contributed by atoms with E-state index in [1.54, 1.807) is 12.4 Å². The lowest BCUT2D eigenvalue weighted by molar-refractivity contribution is 0.312. The van der Waals surface area contributed by atoms with Gasteiger partial charge in [-0.2, -0.15) is 19.9 Å². The maximum Gasteiger partial charge on any atom is 0.224 e. The number of nitrogen functional groups attached to an aromatic ring is 2. The number of benzene rings is 2. The molecule has 4 aromatic heterocycles. The van der Waals surface area contributed by atoms with E-state index in [1.807, 2.05) is 60.7 Å². The van der Waals surface area contributed by atoms with Crippen molar-refractivity contribution >= 4 is 45.9 Å². The van der Waals surface area contributed by atoms with Crippen LogP contribution < -0.4 is 21.3 Å². The number of anilines is 4. The minimum atomic E-state index is 0. The van der Waals surface area contributed by atoms with E-state index >= 15 is 0 Å². The molecule has 2 aromatic carbocycles. The van der Waals surface area contributed by atoms with Crippen molar-refractivity contribution in [3.63, 3.8) is 0 Å². The quantitative estimate of drug-likeness (QED) is 0.278. The Morgan fingerprint density at radius 3 is 1.22 bits per heavy atom. The third-order valence-electron chi connectivity index (χ3n) is 8.56. The fourth-order valence-corrected chi connectivity index (χ4v) is 5.79. The lowest BCUT2D eigenvalue weighted by Gasteiger charge is -2.33. The van der Waals surface area contributed by atoms with Crippen LogP contribution >= 0.6 is 0 Å². The van der Waals surface area contributed by atoms with Gasteiger partial charge in [-0.15, -0.1) is 0 Å². The van der Waals surface area contributed by atoms with Gasteiger partial charge >= 0.3 is 0 Å². The summed E-state index contributed by atoms with van der Waals surface area (Å²) in [4.78, 5) is 44.9. The van der Waals surface area contributed by atoms with Gasteiger partial charge in [0.15, 0.2) is 34.0 Å². The highest BCUT2D eigenvalue weighted by atomic mass is 16.0. The van der Waals surface area contributed by atoms with Crippen molar-refractivity contribution in [2.45, 2.75) is 0 Å². The Hall–Kier alpha value is -5.64. The molecule has 15 nitrogen and oxygen atoms in total. The number of likely N-dealkylation sites (N-methyl/N-ethyl adjacent to an activating group) is 2. The van der Waals surface area contributed by atoms with Gasteiger partial charge in [0, 0.05) is 63.5 Å². The lowest BCUT2D eigenvalue weighted by Crippen LogP contribution is -2.45. The summed E-state index contributed by atoms with van der Waals surface area (Å²) in [6.07, 6.45) is 3.47. The van der Waals surface area contributed by atoms with Crippen LogP contribution in [0.5, 0.6) is 0 Å². The Labute approximate surface area is 284 Å². The average molecular weight is 661 g/mol. The maximum absolute atomic E-state index is 5.88. The predicted octanol–water partition coefficient (Wildman–Crippen LogP) is 2.02. The van der Waals surface area contributed by atoms with Crippen LogP contribution in [0.3, 0.4) is 0 Å². The van der Waals surface area contributed by atoms with Crippen LogP contribution in [0.4, 0.5) is 23.5 Å². The van der Waals surface area contributed by atoms with Crippen LogP contribution in [0.15, 0.2) is 73.1 Å². The van der Waals surface area contributed by atoms with E-state index in [0.29, 0.717) is 22.3 Å². The molecule has 6 N–H and O–H groups in total. The number of hydrogen-bond acceptors (Lipinski definition) is 14. The van der Waals surface area contributed by atoms with E-state index < -0.39 is 0 Å². The second kappa shape index (κ2) is 14.6. The molecule has 8 rings (SSSR count). The molecule has 252 valence electrons. The van der Waals surface area contributed by atoms with Gasteiger partial charge in [-0.1, -0.05) is 60.7 Å². The largest absolute Gasteiger partial charge is 0.412 e. The summed E-state index contributed by atoms with van der Waals surface area (Å²) in [6, 6.07) is 20.0. The maximum atomic E-state index is 5.88. The highest BCUT2D eigenvalue weighted by Gasteiger charge is 2.22. The standard InChI is InChI=1S/2C17H19N7.H2O/c2*1-23-7-9-24(10-8-23)16-14-15(21-17(18)22-16)19-11-13(20-14)12-5-3-2-4-6-12;/h2*2-6,11H,7-10H2,1H3,(H2,18,19,21,22);1H2. The number of piperazine rings is 2. The third kappa shape index (κ3) is 7.43. The van der Waals surface area contributed by atoms with Gasteiger partial charge in [-0.3, -0.25) is 0 Å². The van der Waals surface area contributed by atoms with Crippen LogP contribution in [0.2, 0.25) is 0 Å². The molecule has 0 atom stereocenters. The molecule has 15 heteroatoms. The third-order valence-corrected chi connectivity index (χ3v) is 8.56. The van der Waals surface area contributed by atoms with E-state index in [-0.39, 0.29) is 17.4 Å². The molecule has 0 spiro atoms. The first kappa shape index (κ1) is 33.3. The normalized spacial score (nSPS) is 15.5. The van der Waals surface area contributed by atoms with Gasteiger partial charge < -0.3 is 36.5 Å². The molecule has 2 fully saturated rings. The minimum Gasteiger partial charge on any atom is -0.412 e. The van der Waals surface area contributed by atoms with Crippen LogP contribution in [-0.4, -0.2) is 122 Å². The molecule has 0 aliphatic carbocycles. The first-order valence-corrected chi connectivity index (χ1v) is 16.0. The van der Waals surface area contributed by atoms with E-state index in [4.69, 9.17) is 21.4 Å². The number of hydrogen-bond donors (Lipinski definition) is 2. The van der Waals surface area contributed by atoms with Crippen molar-refractivity contribution in [2.75, 3.05) is 87.7 Å². The first-order valence-electron chi connectivity index (χ1n) is 16.0. The van der Waals surface area contributed by atoms with Gasteiger partial charge in [0.25, 0.3) is 0 Å². The SMILES string of the molecule is CN1CCN(c2nc(N)nc3ncc(-c4ccccc4)nc23)CC1.CN1CCN(c2nc(N)nc3ncc(-c4ccccc4)nc23)CC1.O. The van der Waals surface area contributed by atoms with Gasteiger partial charge in [-0.05, 0) is 14.1 Å². The molecule has 2 saturated heterocycles. The number of fused-ring (bicyclic) bond motifs is 2. The summed E-state index contributed by atoms with van der Waals surface area (Å²) in [5.41, 5.74) is 17.9. The molecule has 6 aromatic rings. The summed E-state index contributed by atoms with van der Waals surface area (Å²) in [5, 5.41) is 0. The Morgan fingerprint density at radius 1 is 0.490 bits per heavy atom. The van der Waals surface area contributed by atoms with Crippen molar-refractivity contribution in [1.29, 1.82) is 0 Å². The molecule has 0 unspecified atom stereocenters. The lowest BCUT2D eigenvalue weighted by atomic mass is 10.1. The van der Waals surface area contributed by atoms with E-state index in [0.717, 1.165) is 86.5 Å². The van der Waals surface area contributed by atoms with E-state index in [1.165, 1.54) is 0 Å². The van der Waals surface area contributed by atoms with Gasteiger partial charge in [0.05, 0.1) is 23.8 Å². The van der Waals surface area contributed by atoms with Crippen molar-refractivity contribution in [3.05, 3.63) is 73.1 Å². The summed E-state index contributed by atoms with van der Waals surface area (Å²) in [6.45, 7) is 7.49. The molecule has 0 saturated carbocycles. The van der Waals surface area contributed by atoms with Gasteiger partial charge in [0.1, 0.15) is 0 Å². The second-order valence-corrected chi connectivity index (χ2v) is 12.0. The fourth-order valence-electron chi connectivity index (χ4n) is 5.79. The smallest absolute Gasteiger partial charge is 0.224 e. The molecule has 2 aliphatic rings. The van der Waals surface area contributed by atoms with Gasteiger partial charge in [0.2, 0.25) is 11.9 Å². The van der Waals surface area contributed by atoms with Crippen LogP contribution in [0.25, 0.3) is 44.8 Å². The molecule has 6 heterocycles. The molecule has 0 amide bonds. The number of rotatable bonds is 4. The molecule has 0 radical (unpaired) electrons. The monoisotopic (exact) mass is 660 g/mol. The highest BCUT2D eigenvalue weighted by molar-refractivity contribution is 5.86. The van der Waals surface area contributed by atoms with Gasteiger partial charge in [-0.25, -0.2) is 19.9 Å². The van der Waals surface area contributed by atoms with Crippen molar-refractivity contribution in [2.24, 2.45) is 0 Å².